The second-order valence-electron chi connectivity index (χ2n) is 7.31. The first-order valence-electron chi connectivity index (χ1n) is 9.94. The van der Waals surface area contributed by atoms with Gasteiger partial charge in [-0.1, -0.05) is 6.08 Å². The first-order valence-corrected chi connectivity index (χ1v) is 9.94. The normalized spacial score (nSPS) is 18.9. The Morgan fingerprint density at radius 2 is 2.17 bits per heavy atom. The van der Waals surface area contributed by atoms with Crippen molar-refractivity contribution in [3.8, 4) is 5.75 Å². The molecule has 1 atom stereocenters. The lowest BCUT2D eigenvalue weighted by Crippen LogP contribution is -2.17. The Kier molecular flexibility index (Phi) is 5.64. The van der Waals surface area contributed by atoms with E-state index in [-0.39, 0.29) is 5.69 Å². The van der Waals surface area contributed by atoms with E-state index in [0.29, 0.717) is 48.2 Å². The fourth-order valence-corrected chi connectivity index (χ4v) is 3.78. The number of nitrogens with one attached hydrogen (secondary N) is 3. The Morgan fingerprint density at radius 3 is 3.00 bits per heavy atom. The van der Waals surface area contributed by atoms with Crippen molar-refractivity contribution in [2.24, 2.45) is 0 Å². The number of aryl methyl sites for hydroxylation is 1. The van der Waals surface area contributed by atoms with Crippen LogP contribution in [0, 0.1) is 12.7 Å². The van der Waals surface area contributed by atoms with E-state index in [9.17, 15) is 5.11 Å². The summed E-state index contributed by atoms with van der Waals surface area (Å²) in [5, 5.41) is 19.8. The maximum atomic E-state index is 15.7. The van der Waals surface area contributed by atoms with Crippen LogP contribution >= 0.6 is 0 Å². The van der Waals surface area contributed by atoms with Gasteiger partial charge in [0.05, 0.1) is 24.0 Å². The zero-order chi connectivity index (χ0) is 20.4. The molecule has 154 valence electrons. The third-order valence-electron chi connectivity index (χ3n) is 5.21. The number of nitrogens with zero attached hydrogens (tertiary/aromatic N) is 2. The fourth-order valence-electron chi connectivity index (χ4n) is 3.78. The topological polar surface area (TPSA) is 91.3 Å². The number of rotatable bonds is 4. The summed E-state index contributed by atoms with van der Waals surface area (Å²) >= 11 is 0. The van der Waals surface area contributed by atoms with Crippen LogP contribution in [0.1, 0.15) is 42.2 Å². The summed E-state index contributed by atoms with van der Waals surface area (Å²) < 4.78 is 21.5. The van der Waals surface area contributed by atoms with Crippen LogP contribution in [-0.4, -0.2) is 41.8 Å². The largest absolute Gasteiger partial charge is 0.492 e. The second-order valence-corrected chi connectivity index (χ2v) is 7.31. The first kappa shape index (κ1) is 19.6. The Bertz CT molecular complexity index is 947. The van der Waals surface area contributed by atoms with Crippen LogP contribution < -0.4 is 20.7 Å². The molecule has 29 heavy (non-hydrogen) atoms. The smallest absolute Gasteiger partial charge is 0.229 e. The number of ether oxygens (including phenoxy) is 1. The van der Waals surface area contributed by atoms with Gasteiger partial charge in [-0.25, -0.2) is 9.37 Å². The molecule has 2 aliphatic heterocycles. The van der Waals surface area contributed by atoms with Crippen LogP contribution in [0.15, 0.2) is 18.2 Å². The van der Waals surface area contributed by atoms with Gasteiger partial charge in [0.15, 0.2) is 5.82 Å². The number of fused-ring (bicyclic) bond motifs is 1. The lowest BCUT2D eigenvalue weighted by molar-refractivity contribution is 0.115. The van der Waals surface area contributed by atoms with E-state index in [1.807, 2.05) is 13.0 Å². The van der Waals surface area contributed by atoms with E-state index < -0.39 is 11.9 Å². The van der Waals surface area contributed by atoms with Gasteiger partial charge in [-0.15, -0.1) is 0 Å². The predicted octanol–water partition coefficient (Wildman–Crippen LogP) is 3.29. The van der Waals surface area contributed by atoms with Crippen molar-refractivity contribution in [1.29, 1.82) is 0 Å². The lowest BCUT2D eigenvalue weighted by Gasteiger charge is -2.27. The third kappa shape index (κ3) is 4.04. The van der Waals surface area contributed by atoms with Crippen molar-refractivity contribution in [2.45, 2.75) is 32.3 Å². The van der Waals surface area contributed by atoms with Crippen molar-refractivity contribution in [2.75, 3.05) is 37.4 Å². The molecule has 7 nitrogen and oxygen atoms in total. The number of benzene rings is 1. The summed E-state index contributed by atoms with van der Waals surface area (Å²) in [4.78, 5) is 8.72. The first-order chi connectivity index (χ1) is 14.1. The lowest BCUT2D eigenvalue weighted by atomic mass is 9.92. The van der Waals surface area contributed by atoms with Gasteiger partial charge in [0.2, 0.25) is 5.95 Å². The van der Waals surface area contributed by atoms with Gasteiger partial charge >= 0.3 is 0 Å². The molecule has 0 fully saturated rings. The zero-order valence-electron chi connectivity index (χ0n) is 16.7. The number of allylic oxidation sites excluding steroid dienone is 1. The number of aromatic nitrogens is 2. The van der Waals surface area contributed by atoms with Gasteiger partial charge in [0.1, 0.15) is 11.6 Å². The van der Waals surface area contributed by atoms with Crippen molar-refractivity contribution in [3.63, 3.8) is 0 Å². The van der Waals surface area contributed by atoms with Crippen LogP contribution in [0.2, 0.25) is 0 Å². The summed E-state index contributed by atoms with van der Waals surface area (Å²) in [5.74, 6) is 0.963. The molecule has 0 spiro atoms. The molecule has 1 unspecified atom stereocenters. The molecule has 1 aromatic heterocycles. The molecule has 0 bridgehead atoms. The van der Waals surface area contributed by atoms with Crippen LogP contribution in [0.5, 0.6) is 5.75 Å². The minimum Gasteiger partial charge on any atom is -0.492 e. The minimum absolute atomic E-state index is 0.231. The van der Waals surface area contributed by atoms with Gasteiger partial charge in [-0.3, -0.25) is 0 Å². The molecule has 8 heteroatoms. The van der Waals surface area contributed by atoms with E-state index in [0.717, 1.165) is 30.7 Å². The SMILES string of the molecule is CNc1cc(C)nc(Nc2cc3c(c(C4=CCNCCC4)c2F)OCCC3O)n1. The molecule has 1 aromatic carbocycles. The number of hydrogen-bond acceptors (Lipinski definition) is 7. The molecule has 0 amide bonds. The molecular formula is C21H26FN5O2. The summed E-state index contributed by atoms with van der Waals surface area (Å²) in [7, 11) is 1.77. The van der Waals surface area contributed by atoms with E-state index >= 15 is 4.39 Å². The highest BCUT2D eigenvalue weighted by Gasteiger charge is 2.29. The number of aliphatic hydroxyl groups is 1. The van der Waals surface area contributed by atoms with Crippen LogP contribution in [0.3, 0.4) is 0 Å². The average molecular weight is 399 g/mol. The van der Waals surface area contributed by atoms with Crippen molar-refractivity contribution in [3.05, 3.63) is 40.8 Å². The van der Waals surface area contributed by atoms with Gasteiger partial charge in [-0.05, 0) is 37.9 Å². The highest BCUT2D eigenvalue weighted by molar-refractivity contribution is 5.78. The second kappa shape index (κ2) is 8.34. The Morgan fingerprint density at radius 1 is 1.31 bits per heavy atom. The number of anilines is 3. The molecule has 0 saturated carbocycles. The zero-order valence-corrected chi connectivity index (χ0v) is 16.7. The van der Waals surface area contributed by atoms with Crippen LogP contribution in [0.4, 0.5) is 21.8 Å². The molecule has 3 heterocycles. The molecule has 0 aliphatic carbocycles. The number of halogens is 1. The molecular weight excluding hydrogens is 373 g/mol. The van der Waals surface area contributed by atoms with Crippen molar-refractivity contribution in [1.82, 2.24) is 15.3 Å². The summed E-state index contributed by atoms with van der Waals surface area (Å²) in [6.45, 7) is 3.78. The fraction of sp³-hybridized carbons (Fsp3) is 0.429. The summed E-state index contributed by atoms with van der Waals surface area (Å²) in [5.41, 5.74) is 2.90. The highest BCUT2D eigenvalue weighted by atomic mass is 19.1. The molecule has 0 saturated heterocycles. The van der Waals surface area contributed by atoms with Crippen LogP contribution in [0.25, 0.3) is 5.57 Å². The van der Waals surface area contributed by atoms with E-state index in [1.54, 1.807) is 19.2 Å². The average Bonchev–Trinajstić information content (AvgIpc) is 2.98. The third-order valence-corrected chi connectivity index (χ3v) is 5.21. The molecule has 4 rings (SSSR count). The number of aliphatic hydroxyl groups excluding tert-OH is 1. The van der Waals surface area contributed by atoms with Gasteiger partial charge < -0.3 is 25.8 Å². The Hall–Kier alpha value is -2.71. The number of hydrogen-bond donors (Lipinski definition) is 4. The molecule has 2 aliphatic rings. The van der Waals surface area contributed by atoms with Crippen molar-refractivity contribution >= 4 is 23.0 Å². The quantitative estimate of drug-likeness (QED) is 0.627. The summed E-state index contributed by atoms with van der Waals surface area (Å²) in [6.07, 6.45) is 3.43. The van der Waals surface area contributed by atoms with Crippen molar-refractivity contribution < 1.29 is 14.2 Å². The molecule has 2 aromatic rings. The minimum atomic E-state index is -0.700. The highest BCUT2D eigenvalue weighted by Crippen LogP contribution is 2.44. The van der Waals surface area contributed by atoms with E-state index in [1.165, 1.54) is 0 Å². The Balaban J connectivity index is 1.82. The monoisotopic (exact) mass is 399 g/mol. The van der Waals surface area contributed by atoms with Gasteiger partial charge in [-0.2, -0.15) is 4.98 Å². The van der Waals surface area contributed by atoms with Gasteiger partial charge in [0, 0.05) is 37.3 Å². The van der Waals surface area contributed by atoms with Gasteiger partial charge in [0.25, 0.3) is 0 Å². The molecule has 0 radical (unpaired) electrons. The molecule has 4 N–H and O–H groups in total. The maximum absolute atomic E-state index is 15.7. The predicted molar refractivity (Wildman–Crippen MR) is 111 cm³/mol. The Labute approximate surface area is 169 Å². The summed E-state index contributed by atoms with van der Waals surface area (Å²) in [6, 6.07) is 3.42. The van der Waals surface area contributed by atoms with E-state index in [2.05, 4.69) is 25.9 Å². The standard InChI is InChI=1S/C21H26FN5O2/c1-12-10-17(23-2)27-21(25-12)26-15-11-14-16(28)6-9-29-20(14)18(19(15)22)13-4-3-7-24-8-5-13/h5,10-11,16,24,28H,3-4,6-9H2,1-2H3,(H2,23,25,26,27). The van der Waals surface area contributed by atoms with E-state index in [4.69, 9.17) is 4.74 Å². The van der Waals surface area contributed by atoms with Crippen LogP contribution in [-0.2, 0) is 0 Å². The maximum Gasteiger partial charge on any atom is 0.229 e.